The number of alkyl halides is 3. The molecular weight excluding hydrogens is 433 g/mol. The summed E-state index contributed by atoms with van der Waals surface area (Å²) in [5.74, 6) is 0.511. The predicted octanol–water partition coefficient (Wildman–Crippen LogP) is 4.14. The summed E-state index contributed by atoms with van der Waals surface area (Å²) in [6.45, 7) is 1.31. The molecule has 0 fully saturated rings. The first-order valence-corrected chi connectivity index (χ1v) is 9.06. The minimum Gasteiger partial charge on any atom is -0.493 e. The maximum Gasteiger partial charge on any atom is 0.573 e. The lowest BCUT2D eigenvalue weighted by Gasteiger charge is -2.14. The van der Waals surface area contributed by atoms with Crippen LogP contribution >= 0.6 is 0 Å². The first kappa shape index (κ1) is 22.7. The predicted molar refractivity (Wildman–Crippen MR) is 107 cm³/mol. The highest BCUT2D eigenvalue weighted by atomic mass is 19.4. The molecule has 0 saturated carbocycles. The van der Waals surface area contributed by atoms with Gasteiger partial charge in [-0.15, -0.1) is 28.2 Å². The molecule has 12 heteroatoms. The number of ether oxygens (including phenoxy) is 4. The summed E-state index contributed by atoms with van der Waals surface area (Å²) in [5, 5.41) is 11.4. The van der Waals surface area contributed by atoms with Crippen LogP contribution in [-0.2, 0) is 0 Å². The molecule has 3 aromatic rings. The maximum atomic E-state index is 12.3. The van der Waals surface area contributed by atoms with E-state index >= 15 is 0 Å². The summed E-state index contributed by atoms with van der Waals surface area (Å²) in [6, 6.07) is 8.13. The monoisotopic (exact) mass is 452 g/mol. The highest BCUT2D eigenvalue weighted by Gasteiger charge is 2.31. The number of benzene rings is 2. The van der Waals surface area contributed by atoms with Gasteiger partial charge >= 0.3 is 6.36 Å². The van der Waals surface area contributed by atoms with E-state index in [0.29, 0.717) is 28.6 Å². The van der Waals surface area contributed by atoms with Gasteiger partial charge in [0.2, 0.25) is 5.75 Å². The minimum absolute atomic E-state index is 0.0226. The van der Waals surface area contributed by atoms with Gasteiger partial charge in [-0.05, 0) is 24.3 Å². The Morgan fingerprint density at radius 1 is 0.969 bits per heavy atom. The van der Waals surface area contributed by atoms with Crippen LogP contribution in [0.1, 0.15) is 17.4 Å². The van der Waals surface area contributed by atoms with Gasteiger partial charge in [-0.3, -0.25) is 4.79 Å². The topological polar surface area (TPSA) is 96.7 Å². The zero-order valence-electron chi connectivity index (χ0n) is 17.5. The molecule has 0 aliphatic heterocycles. The van der Waals surface area contributed by atoms with Crippen molar-refractivity contribution in [2.75, 3.05) is 26.6 Å². The number of hydrogen-bond donors (Lipinski definition) is 1. The van der Waals surface area contributed by atoms with Crippen molar-refractivity contribution < 1.29 is 36.9 Å². The van der Waals surface area contributed by atoms with Crippen LogP contribution in [0, 0.1) is 0 Å². The summed E-state index contributed by atoms with van der Waals surface area (Å²) in [5.41, 5.74) is 0.817. The van der Waals surface area contributed by atoms with Crippen LogP contribution in [-0.4, -0.2) is 48.5 Å². The number of carbonyl (C=O) groups excluding carboxylic acids is 1. The molecule has 0 atom stereocenters. The molecule has 0 spiro atoms. The van der Waals surface area contributed by atoms with E-state index in [1.54, 1.807) is 12.1 Å². The van der Waals surface area contributed by atoms with Crippen molar-refractivity contribution in [2.45, 2.75) is 13.3 Å². The van der Waals surface area contributed by atoms with Crippen molar-refractivity contribution in [3.8, 4) is 28.7 Å². The summed E-state index contributed by atoms with van der Waals surface area (Å²) in [6.07, 6.45) is -4.80. The highest BCUT2D eigenvalue weighted by molar-refractivity contribution is 5.97. The molecule has 0 saturated heterocycles. The summed E-state index contributed by atoms with van der Waals surface area (Å²) < 4.78 is 56.8. The van der Waals surface area contributed by atoms with Crippen LogP contribution in [0.25, 0.3) is 5.69 Å². The normalized spacial score (nSPS) is 11.1. The van der Waals surface area contributed by atoms with Gasteiger partial charge in [-0.25, -0.2) is 0 Å². The molecule has 0 aliphatic carbocycles. The van der Waals surface area contributed by atoms with Gasteiger partial charge in [0.15, 0.2) is 28.8 Å². The number of carbonyl (C=O) groups is 1. The molecule has 3 rings (SSSR count). The van der Waals surface area contributed by atoms with Crippen LogP contribution in [0.2, 0.25) is 0 Å². The van der Waals surface area contributed by atoms with Crippen molar-refractivity contribution in [1.29, 1.82) is 0 Å². The number of Topliss-reactive ketones (excluding diaryl/α,β-unsaturated/α-hetero) is 1. The van der Waals surface area contributed by atoms with Crippen molar-refractivity contribution in [3.05, 3.63) is 42.1 Å². The number of methoxy groups -OCH3 is 3. The molecule has 1 aromatic heterocycles. The van der Waals surface area contributed by atoms with Crippen LogP contribution in [0.15, 0.2) is 36.4 Å². The van der Waals surface area contributed by atoms with Crippen LogP contribution in [0.5, 0.6) is 23.0 Å². The number of aromatic nitrogens is 3. The highest BCUT2D eigenvalue weighted by Crippen LogP contribution is 2.40. The molecule has 32 heavy (non-hydrogen) atoms. The average Bonchev–Trinajstić information content (AvgIpc) is 3.16. The fraction of sp³-hybridized carbons (Fsp3) is 0.250. The Morgan fingerprint density at radius 2 is 1.56 bits per heavy atom. The second kappa shape index (κ2) is 9.04. The first-order chi connectivity index (χ1) is 15.1. The van der Waals surface area contributed by atoms with E-state index in [1.165, 1.54) is 40.4 Å². The first-order valence-electron chi connectivity index (χ1n) is 9.06. The standard InChI is InChI=1S/C20H19F3N4O5/c1-11(28)17-19(24-12-9-15(29-2)18(31-4)16(10-12)30-3)26-27(25-17)13-5-7-14(8-6-13)32-20(21,22)23/h5-10H,1-4H3,(H,24,26). The molecule has 0 bridgehead atoms. The number of ketones is 1. The maximum absolute atomic E-state index is 12.3. The van der Waals surface area contributed by atoms with Crippen molar-refractivity contribution in [2.24, 2.45) is 0 Å². The molecule has 2 aromatic carbocycles. The van der Waals surface area contributed by atoms with E-state index in [-0.39, 0.29) is 17.3 Å². The Kier molecular flexibility index (Phi) is 6.42. The van der Waals surface area contributed by atoms with Gasteiger partial charge in [0, 0.05) is 24.7 Å². The zero-order chi connectivity index (χ0) is 23.5. The van der Waals surface area contributed by atoms with Gasteiger partial charge < -0.3 is 24.3 Å². The zero-order valence-corrected chi connectivity index (χ0v) is 17.5. The number of nitrogens with zero attached hydrogens (tertiary/aromatic N) is 3. The lowest BCUT2D eigenvalue weighted by molar-refractivity contribution is -0.274. The smallest absolute Gasteiger partial charge is 0.493 e. The summed E-state index contributed by atoms with van der Waals surface area (Å²) in [7, 11) is 4.40. The number of rotatable bonds is 8. The molecule has 1 N–H and O–H groups in total. The van der Waals surface area contributed by atoms with Gasteiger partial charge in [-0.2, -0.15) is 0 Å². The number of nitrogens with one attached hydrogen (secondary N) is 1. The van der Waals surface area contributed by atoms with Crippen molar-refractivity contribution in [1.82, 2.24) is 15.0 Å². The lowest BCUT2D eigenvalue weighted by Crippen LogP contribution is -2.17. The van der Waals surface area contributed by atoms with Crippen LogP contribution in [0.3, 0.4) is 0 Å². The Labute approximate surface area is 180 Å². The molecule has 9 nitrogen and oxygen atoms in total. The molecular formula is C20H19F3N4O5. The van der Waals surface area contributed by atoms with Gasteiger partial charge in [-0.1, -0.05) is 0 Å². The number of hydrogen-bond acceptors (Lipinski definition) is 8. The van der Waals surface area contributed by atoms with Crippen molar-refractivity contribution >= 4 is 17.3 Å². The third kappa shape index (κ3) is 5.02. The van der Waals surface area contributed by atoms with E-state index < -0.39 is 12.1 Å². The van der Waals surface area contributed by atoms with E-state index in [4.69, 9.17) is 14.2 Å². The number of anilines is 2. The fourth-order valence-electron chi connectivity index (χ4n) is 2.81. The van der Waals surface area contributed by atoms with E-state index in [9.17, 15) is 18.0 Å². The average molecular weight is 452 g/mol. The quantitative estimate of drug-likeness (QED) is 0.510. The molecule has 0 amide bonds. The lowest BCUT2D eigenvalue weighted by atomic mass is 10.2. The Bertz CT molecular complexity index is 1090. The Morgan fingerprint density at radius 3 is 2.03 bits per heavy atom. The van der Waals surface area contributed by atoms with Gasteiger partial charge in [0.25, 0.3) is 0 Å². The summed E-state index contributed by atoms with van der Waals surface area (Å²) >= 11 is 0. The molecule has 170 valence electrons. The molecule has 0 unspecified atom stereocenters. The Balaban J connectivity index is 1.95. The van der Waals surface area contributed by atoms with E-state index in [2.05, 4.69) is 20.3 Å². The third-order valence-electron chi connectivity index (χ3n) is 4.18. The second-order valence-electron chi connectivity index (χ2n) is 6.32. The van der Waals surface area contributed by atoms with Gasteiger partial charge in [0.1, 0.15) is 5.75 Å². The van der Waals surface area contributed by atoms with Gasteiger partial charge in [0.05, 0.1) is 27.0 Å². The largest absolute Gasteiger partial charge is 0.573 e. The van der Waals surface area contributed by atoms with Crippen LogP contribution < -0.4 is 24.3 Å². The number of halogens is 3. The Hall–Kier alpha value is -3.96. The fourth-order valence-corrected chi connectivity index (χ4v) is 2.81. The van der Waals surface area contributed by atoms with Crippen LogP contribution in [0.4, 0.5) is 24.7 Å². The third-order valence-corrected chi connectivity index (χ3v) is 4.18. The molecule has 0 aliphatic rings. The summed E-state index contributed by atoms with van der Waals surface area (Å²) in [4.78, 5) is 13.2. The SMILES string of the molecule is COc1cc(Nc2nn(-c3ccc(OC(F)(F)F)cc3)nc2C(C)=O)cc(OC)c1OC. The molecule has 0 radical (unpaired) electrons. The second-order valence-corrected chi connectivity index (χ2v) is 6.32. The van der Waals surface area contributed by atoms with E-state index in [0.717, 1.165) is 16.9 Å². The van der Waals surface area contributed by atoms with E-state index in [1.807, 2.05) is 0 Å². The van der Waals surface area contributed by atoms with Crippen molar-refractivity contribution in [3.63, 3.8) is 0 Å². The minimum atomic E-state index is -4.80. The molecule has 1 heterocycles.